The zero-order valence-electron chi connectivity index (χ0n) is 11.1. The molecular weight excluding hydrogens is 226 g/mol. The van der Waals surface area contributed by atoms with E-state index in [-0.39, 0.29) is 0 Å². The zero-order chi connectivity index (χ0) is 13.3. The summed E-state index contributed by atoms with van der Waals surface area (Å²) in [7, 11) is 1.67. The molecule has 18 heavy (non-hydrogen) atoms. The average molecular weight is 243 g/mol. The number of aromatic nitrogens is 2. The second kappa shape index (κ2) is 4.64. The smallest absolute Gasteiger partial charge is 0.162 e. The summed E-state index contributed by atoms with van der Waals surface area (Å²) >= 11 is 0. The van der Waals surface area contributed by atoms with Crippen LogP contribution in [0.25, 0.3) is 11.4 Å². The molecule has 1 aromatic carbocycles. The van der Waals surface area contributed by atoms with Crippen LogP contribution >= 0.6 is 0 Å². The van der Waals surface area contributed by atoms with Gasteiger partial charge in [0, 0.05) is 17.3 Å². The molecule has 0 bridgehead atoms. The Balaban J connectivity index is 2.61. The van der Waals surface area contributed by atoms with Gasteiger partial charge < -0.3 is 10.5 Å². The minimum absolute atomic E-state index is 0.491. The molecule has 0 saturated carbocycles. The molecule has 2 N–H and O–H groups in total. The predicted octanol–water partition coefficient (Wildman–Crippen LogP) is 2.66. The minimum atomic E-state index is 0.491. The fraction of sp³-hybridized carbons (Fsp3) is 0.286. The Hall–Kier alpha value is -2.10. The molecule has 0 atom stereocenters. The summed E-state index contributed by atoms with van der Waals surface area (Å²) in [4.78, 5) is 8.72. The third kappa shape index (κ3) is 2.14. The molecule has 1 heterocycles. The van der Waals surface area contributed by atoms with Gasteiger partial charge in [0.2, 0.25) is 0 Å². The van der Waals surface area contributed by atoms with E-state index in [1.807, 2.05) is 32.9 Å². The Morgan fingerprint density at radius 2 is 1.78 bits per heavy atom. The molecule has 2 aromatic rings. The lowest BCUT2D eigenvalue weighted by Crippen LogP contribution is -2.00. The van der Waals surface area contributed by atoms with Gasteiger partial charge in [-0.15, -0.1) is 0 Å². The largest absolute Gasteiger partial charge is 0.496 e. The summed E-state index contributed by atoms with van der Waals surface area (Å²) in [5, 5.41) is 0. The van der Waals surface area contributed by atoms with E-state index in [4.69, 9.17) is 10.5 Å². The average Bonchev–Trinajstić information content (AvgIpc) is 2.31. The quantitative estimate of drug-likeness (QED) is 0.880. The van der Waals surface area contributed by atoms with Crippen molar-refractivity contribution in [2.75, 3.05) is 12.8 Å². The lowest BCUT2D eigenvalue weighted by atomic mass is 10.0. The predicted molar refractivity (Wildman–Crippen MR) is 72.6 cm³/mol. The highest BCUT2D eigenvalue weighted by atomic mass is 16.5. The van der Waals surface area contributed by atoms with Crippen LogP contribution in [0.3, 0.4) is 0 Å². The Morgan fingerprint density at radius 1 is 1.06 bits per heavy atom. The Bertz CT molecular complexity index is 574. The summed E-state index contributed by atoms with van der Waals surface area (Å²) in [6.45, 7) is 5.97. The van der Waals surface area contributed by atoms with Crippen LogP contribution in [0.5, 0.6) is 5.75 Å². The number of hydrogen-bond donors (Lipinski definition) is 1. The third-order valence-electron chi connectivity index (χ3n) is 3.07. The van der Waals surface area contributed by atoms with Crippen molar-refractivity contribution >= 4 is 5.82 Å². The van der Waals surface area contributed by atoms with Crippen LogP contribution in [0.15, 0.2) is 18.2 Å². The molecule has 0 saturated heterocycles. The van der Waals surface area contributed by atoms with Gasteiger partial charge in [-0.2, -0.15) is 0 Å². The van der Waals surface area contributed by atoms with Crippen LogP contribution in [0.1, 0.15) is 16.8 Å². The first-order chi connectivity index (χ1) is 8.52. The molecule has 0 fully saturated rings. The van der Waals surface area contributed by atoms with Gasteiger partial charge in [0.15, 0.2) is 5.82 Å². The van der Waals surface area contributed by atoms with E-state index in [0.29, 0.717) is 11.6 Å². The molecule has 4 nitrogen and oxygen atoms in total. The SMILES string of the molecule is COc1ccc(-c2nc(C)cc(N)n2)c(C)c1C. The molecule has 0 aliphatic carbocycles. The van der Waals surface area contributed by atoms with Crippen molar-refractivity contribution in [3.63, 3.8) is 0 Å². The molecule has 1 aromatic heterocycles. The van der Waals surface area contributed by atoms with Gasteiger partial charge in [0.1, 0.15) is 11.6 Å². The number of nitrogens with zero attached hydrogens (tertiary/aromatic N) is 2. The van der Waals surface area contributed by atoms with Crippen molar-refractivity contribution in [2.24, 2.45) is 0 Å². The molecule has 0 aliphatic heterocycles. The highest BCUT2D eigenvalue weighted by Crippen LogP contribution is 2.29. The maximum absolute atomic E-state index is 5.77. The van der Waals surface area contributed by atoms with Gasteiger partial charge in [0.05, 0.1) is 7.11 Å². The second-order valence-electron chi connectivity index (χ2n) is 4.32. The van der Waals surface area contributed by atoms with Crippen molar-refractivity contribution in [1.29, 1.82) is 0 Å². The molecule has 0 radical (unpaired) electrons. The molecule has 0 amide bonds. The highest BCUT2D eigenvalue weighted by Gasteiger charge is 2.11. The summed E-state index contributed by atoms with van der Waals surface area (Å²) in [5.74, 6) is 2.03. The second-order valence-corrected chi connectivity index (χ2v) is 4.32. The van der Waals surface area contributed by atoms with Crippen molar-refractivity contribution in [3.05, 3.63) is 35.0 Å². The standard InChI is InChI=1S/C14H17N3O/c1-8-7-13(15)17-14(16-8)11-5-6-12(18-4)10(3)9(11)2/h5-7H,1-4H3,(H2,15,16,17). The Labute approximate surface area is 107 Å². The number of nitrogen functional groups attached to an aromatic ring is 1. The van der Waals surface area contributed by atoms with E-state index in [9.17, 15) is 0 Å². The van der Waals surface area contributed by atoms with Gasteiger partial charge in [-0.3, -0.25) is 0 Å². The zero-order valence-corrected chi connectivity index (χ0v) is 11.1. The maximum atomic E-state index is 5.77. The number of aryl methyl sites for hydroxylation is 1. The number of ether oxygens (including phenoxy) is 1. The summed E-state index contributed by atoms with van der Waals surface area (Å²) in [6.07, 6.45) is 0. The van der Waals surface area contributed by atoms with Crippen molar-refractivity contribution in [1.82, 2.24) is 9.97 Å². The van der Waals surface area contributed by atoms with Gasteiger partial charge in [-0.05, 0) is 44.0 Å². The topological polar surface area (TPSA) is 61.0 Å². The number of anilines is 1. The van der Waals surface area contributed by atoms with Gasteiger partial charge in [-0.1, -0.05) is 0 Å². The molecule has 2 rings (SSSR count). The van der Waals surface area contributed by atoms with E-state index < -0.39 is 0 Å². The maximum Gasteiger partial charge on any atom is 0.162 e. The summed E-state index contributed by atoms with van der Waals surface area (Å²) < 4.78 is 5.30. The van der Waals surface area contributed by atoms with E-state index in [1.54, 1.807) is 13.2 Å². The number of nitrogens with two attached hydrogens (primary N) is 1. The highest BCUT2D eigenvalue weighted by molar-refractivity contribution is 5.65. The minimum Gasteiger partial charge on any atom is -0.496 e. The van der Waals surface area contributed by atoms with Crippen LogP contribution in [0, 0.1) is 20.8 Å². The van der Waals surface area contributed by atoms with Crippen LogP contribution in [0.4, 0.5) is 5.82 Å². The lowest BCUT2D eigenvalue weighted by molar-refractivity contribution is 0.411. The Kier molecular flexibility index (Phi) is 3.19. The molecule has 0 spiro atoms. The van der Waals surface area contributed by atoms with Gasteiger partial charge in [-0.25, -0.2) is 9.97 Å². The van der Waals surface area contributed by atoms with Gasteiger partial charge >= 0.3 is 0 Å². The first kappa shape index (κ1) is 12.4. The van der Waals surface area contributed by atoms with Crippen molar-refractivity contribution < 1.29 is 4.74 Å². The monoisotopic (exact) mass is 243 g/mol. The van der Waals surface area contributed by atoms with E-state index >= 15 is 0 Å². The molecule has 0 aliphatic rings. The normalized spacial score (nSPS) is 10.4. The number of methoxy groups -OCH3 is 1. The first-order valence-corrected chi connectivity index (χ1v) is 5.78. The number of hydrogen-bond acceptors (Lipinski definition) is 4. The van der Waals surface area contributed by atoms with E-state index in [2.05, 4.69) is 9.97 Å². The lowest BCUT2D eigenvalue weighted by Gasteiger charge is -2.12. The summed E-state index contributed by atoms with van der Waals surface area (Å²) in [6, 6.07) is 5.66. The number of benzene rings is 1. The van der Waals surface area contributed by atoms with Crippen LogP contribution in [0.2, 0.25) is 0 Å². The van der Waals surface area contributed by atoms with E-state index in [1.165, 1.54) is 0 Å². The molecule has 94 valence electrons. The van der Waals surface area contributed by atoms with Crippen LogP contribution < -0.4 is 10.5 Å². The number of rotatable bonds is 2. The molecule has 0 unspecified atom stereocenters. The first-order valence-electron chi connectivity index (χ1n) is 5.78. The Morgan fingerprint density at radius 3 is 2.39 bits per heavy atom. The molecular formula is C14H17N3O. The van der Waals surface area contributed by atoms with E-state index in [0.717, 1.165) is 28.1 Å². The van der Waals surface area contributed by atoms with Crippen LogP contribution in [-0.2, 0) is 0 Å². The fourth-order valence-electron chi connectivity index (χ4n) is 1.97. The fourth-order valence-corrected chi connectivity index (χ4v) is 1.97. The van der Waals surface area contributed by atoms with Gasteiger partial charge in [0.25, 0.3) is 0 Å². The van der Waals surface area contributed by atoms with Crippen LogP contribution in [-0.4, -0.2) is 17.1 Å². The summed E-state index contributed by atoms with van der Waals surface area (Å²) in [5.41, 5.74) is 9.83. The van der Waals surface area contributed by atoms with Crippen molar-refractivity contribution in [2.45, 2.75) is 20.8 Å². The van der Waals surface area contributed by atoms with Crippen molar-refractivity contribution in [3.8, 4) is 17.1 Å². The third-order valence-corrected chi connectivity index (χ3v) is 3.07. The molecule has 4 heteroatoms.